The van der Waals surface area contributed by atoms with Gasteiger partial charge in [0.2, 0.25) is 5.95 Å². The topological polar surface area (TPSA) is 32.3 Å². The molecule has 0 N–H and O–H groups in total. The van der Waals surface area contributed by atoms with Crippen molar-refractivity contribution in [3.8, 4) is 0 Å². The highest BCUT2D eigenvalue weighted by Gasteiger charge is 2.40. The SMILES string of the molecule is Cc1ccc(CN2C[C@@H]3CN(c4ncccn4)C[C@H]3C2)s1. The van der Waals surface area contributed by atoms with Crippen LogP contribution in [0.5, 0.6) is 0 Å². The molecule has 2 atom stereocenters. The van der Waals surface area contributed by atoms with Crippen LogP contribution in [0.15, 0.2) is 30.6 Å². The maximum Gasteiger partial charge on any atom is 0.225 e. The zero-order valence-corrected chi connectivity index (χ0v) is 13.1. The Hall–Kier alpha value is -1.46. The van der Waals surface area contributed by atoms with Crippen LogP contribution in [0.4, 0.5) is 5.95 Å². The molecule has 0 aromatic carbocycles. The lowest BCUT2D eigenvalue weighted by Gasteiger charge is -2.20. The number of hydrogen-bond donors (Lipinski definition) is 0. The highest BCUT2D eigenvalue weighted by Crippen LogP contribution is 2.33. The Morgan fingerprint density at radius 3 is 2.43 bits per heavy atom. The number of hydrogen-bond acceptors (Lipinski definition) is 5. The van der Waals surface area contributed by atoms with E-state index in [0.29, 0.717) is 0 Å². The monoisotopic (exact) mass is 300 g/mol. The zero-order valence-electron chi connectivity index (χ0n) is 12.3. The van der Waals surface area contributed by atoms with Crippen LogP contribution in [-0.2, 0) is 6.54 Å². The van der Waals surface area contributed by atoms with Crippen LogP contribution in [0.3, 0.4) is 0 Å². The zero-order chi connectivity index (χ0) is 14.2. The second kappa shape index (κ2) is 5.39. The number of anilines is 1. The molecule has 2 fully saturated rings. The fraction of sp³-hybridized carbons (Fsp3) is 0.500. The van der Waals surface area contributed by atoms with Crippen LogP contribution in [0, 0.1) is 18.8 Å². The van der Waals surface area contributed by atoms with Gasteiger partial charge in [-0.05, 0) is 37.0 Å². The lowest BCUT2D eigenvalue weighted by molar-refractivity contribution is 0.311. The highest BCUT2D eigenvalue weighted by molar-refractivity contribution is 7.11. The van der Waals surface area contributed by atoms with E-state index in [1.165, 1.54) is 22.8 Å². The van der Waals surface area contributed by atoms with Gasteiger partial charge >= 0.3 is 0 Å². The molecular weight excluding hydrogens is 280 g/mol. The molecule has 4 nitrogen and oxygen atoms in total. The van der Waals surface area contributed by atoms with Crippen molar-refractivity contribution in [2.45, 2.75) is 13.5 Å². The summed E-state index contributed by atoms with van der Waals surface area (Å²) in [7, 11) is 0. The average molecular weight is 300 g/mol. The lowest BCUT2D eigenvalue weighted by Crippen LogP contribution is -2.29. The Morgan fingerprint density at radius 1 is 1.10 bits per heavy atom. The van der Waals surface area contributed by atoms with Crippen LogP contribution in [0.25, 0.3) is 0 Å². The van der Waals surface area contributed by atoms with Gasteiger partial charge < -0.3 is 4.90 Å². The summed E-state index contributed by atoms with van der Waals surface area (Å²) in [6, 6.07) is 6.38. The molecule has 0 amide bonds. The molecule has 2 saturated heterocycles. The largest absolute Gasteiger partial charge is 0.340 e. The average Bonchev–Trinajstić information content (AvgIpc) is 3.15. The summed E-state index contributed by atoms with van der Waals surface area (Å²) >= 11 is 1.93. The Bertz CT molecular complexity index is 598. The van der Waals surface area contributed by atoms with Gasteiger partial charge in [-0.2, -0.15) is 0 Å². The first-order chi connectivity index (χ1) is 10.3. The smallest absolute Gasteiger partial charge is 0.225 e. The Balaban J connectivity index is 1.37. The summed E-state index contributed by atoms with van der Waals surface area (Å²) in [6.07, 6.45) is 3.67. The van der Waals surface area contributed by atoms with E-state index in [2.05, 4.69) is 38.8 Å². The molecule has 2 aliphatic heterocycles. The van der Waals surface area contributed by atoms with Gasteiger partial charge in [-0.25, -0.2) is 9.97 Å². The van der Waals surface area contributed by atoms with Gasteiger partial charge in [0.05, 0.1) is 0 Å². The van der Waals surface area contributed by atoms with Crippen molar-refractivity contribution < 1.29 is 0 Å². The van der Waals surface area contributed by atoms with Crippen molar-refractivity contribution in [3.63, 3.8) is 0 Å². The molecule has 0 bridgehead atoms. The lowest BCUT2D eigenvalue weighted by atomic mass is 10.0. The van der Waals surface area contributed by atoms with Gasteiger partial charge in [0.15, 0.2) is 0 Å². The summed E-state index contributed by atoms with van der Waals surface area (Å²) in [5.41, 5.74) is 0. The standard InChI is InChI=1S/C16H20N4S/c1-12-3-4-15(21-12)11-19-7-13-9-20(10-14(13)8-19)16-17-5-2-6-18-16/h2-6,13-14H,7-11H2,1H3/t13-,14-/m1/s1. The molecule has 21 heavy (non-hydrogen) atoms. The van der Waals surface area contributed by atoms with Crippen LogP contribution in [0.1, 0.15) is 9.75 Å². The van der Waals surface area contributed by atoms with E-state index >= 15 is 0 Å². The molecule has 0 aliphatic carbocycles. The van der Waals surface area contributed by atoms with E-state index in [0.717, 1.165) is 37.4 Å². The molecule has 4 rings (SSSR count). The second-order valence-electron chi connectivity index (χ2n) is 6.18. The minimum atomic E-state index is 0.773. The molecule has 2 aliphatic rings. The second-order valence-corrected chi connectivity index (χ2v) is 7.55. The molecule has 5 heteroatoms. The van der Waals surface area contributed by atoms with Gasteiger partial charge in [-0.15, -0.1) is 11.3 Å². The minimum Gasteiger partial charge on any atom is -0.340 e. The fourth-order valence-electron chi connectivity index (χ4n) is 3.63. The Morgan fingerprint density at radius 2 is 1.81 bits per heavy atom. The van der Waals surface area contributed by atoms with Crippen molar-refractivity contribution in [2.75, 3.05) is 31.1 Å². The highest BCUT2D eigenvalue weighted by atomic mass is 32.1. The van der Waals surface area contributed by atoms with Crippen LogP contribution in [0.2, 0.25) is 0 Å². The first kappa shape index (κ1) is 13.2. The number of aromatic nitrogens is 2. The van der Waals surface area contributed by atoms with E-state index in [-0.39, 0.29) is 0 Å². The van der Waals surface area contributed by atoms with Gasteiger partial charge in [-0.3, -0.25) is 4.90 Å². The first-order valence-electron chi connectivity index (χ1n) is 7.57. The maximum atomic E-state index is 4.38. The first-order valence-corrected chi connectivity index (χ1v) is 8.39. The molecule has 2 aromatic rings. The van der Waals surface area contributed by atoms with E-state index in [1.807, 2.05) is 29.8 Å². The Labute approximate surface area is 129 Å². The van der Waals surface area contributed by atoms with Crippen molar-refractivity contribution >= 4 is 17.3 Å². The molecule has 0 spiro atoms. The number of fused-ring (bicyclic) bond motifs is 1. The molecule has 4 heterocycles. The number of likely N-dealkylation sites (tertiary alicyclic amines) is 1. The van der Waals surface area contributed by atoms with Crippen LogP contribution in [-0.4, -0.2) is 41.0 Å². The fourth-order valence-corrected chi connectivity index (χ4v) is 4.56. The van der Waals surface area contributed by atoms with E-state index < -0.39 is 0 Å². The summed E-state index contributed by atoms with van der Waals surface area (Å²) in [4.78, 5) is 16.6. The number of nitrogens with zero attached hydrogens (tertiary/aromatic N) is 4. The molecular formula is C16H20N4S. The van der Waals surface area contributed by atoms with Crippen molar-refractivity contribution in [2.24, 2.45) is 11.8 Å². The molecule has 0 radical (unpaired) electrons. The van der Waals surface area contributed by atoms with Crippen LogP contribution >= 0.6 is 11.3 Å². The summed E-state index contributed by atoms with van der Waals surface area (Å²) in [5.74, 6) is 2.44. The third-order valence-electron chi connectivity index (χ3n) is 4.57. The predicted molar refractivity (Wildman–Crippen MR) is 85.6 cm³/mol. The van der Waals surface area contributed by atoms with E-state index in [1.54, 1.807) is 0 Å². The molecule has 2 aromatic heterocycles. The third kappa shape index (κ3) is 2.68. The van der Waals surface area contributed by atoms with Gasteiger partial charge in [0.25, 0.3) is 0 Å². The summed E-state index contributed by atoms with van der Waals surface area (Å²) in [5, 5.41) is 0. The molecule has 110 valence electrons. The Kier molecular flexibility index (Phi) is 3.39. The number of thiophene rings is 1. The molecule has 0 unspecified atom stereocenters. The quantitative estimate of drug-likeness (QED) is 0.871. The number of aryl methyl sites for hydroxylation is 1. The van der Waals surface area contributed by atoms with Crippen molar-refractivity contribution in [1.29, 1.82) is 0 Å². The normalized spacial score (nSPS) is 25.5. The van der Waals surface area contributed by atoms with Gasteiger partial charge in [0, 0.05) is 54.9 Å². The van der Waals surface area contributed by atoms with Crippen molar-refractivity contribution in [3.05, 3.63) is 40.3 Å². The summed E-state index contributed by atoms with van der Waals surface area (Å²) < 4.78 is 0. The van der Waals surface area contributed by atoms with Gasteiger partial charge in [-0.1, -0.05) is 0 Å². The minimum absolute atomic E-state index is 0.773. The predicted octanol–water partition coefficient (Wildman–Crippen LogP) is 2.41. The third-order valence-corrected chi connectivity index (χ3v) is 5.56. The molecule has 0 saturated carbocycles. The number of rotatable bonds is 3. The van der Waals surface area contributed by atoms with Gasteiger partial charge in [0.1, 0.15) is 0 Å². The van der Waals surface area contributed by atoms with Crippen LogP contribution < -0.4 is 4.90 Å². The maximum absolute atomic E-state index is 4.38. The van der Waals surface area contributed by atoms with Crippen molar-refractivity contribution in [1.82, 2.24) is 14.9 Å². The van der Waals surface area contributed by atoms with E-state index in [9.17, 15) is 0 Å². The van der Waals surface area contributed by atoms with E-state index in [4.69, 9.17) is 0 Å². The summed E-state index contributed by atoms with van der Waals surface area (Å²) in [6.45, 7) is 7.94.